The minimum atomic E-state index is -3.85. The van der Waals surface area contributed by atoms with Gasteiger partial charge < -0.3 is 0 Å². The van der Waals surface area contributed by atoms with Crippen molar-refractivity contribution in [2.45, 2.75) is 38.1 Å². The fourth-order valence-electron chi connectivity index (χ4n) is 4.56. The number of carbonyl (C=O) groups is 1. The highest BCUT2D eigenvalue weighted by molar-refractivity contribution is 7.89. The van der Waals surface area contributed by atoms with Crippen molar-refractivity contribution in [1.29, 1.82) is 0 Å². The van der Waals surface area contributed by atoms with Gasteiger partial charge in [0.05, 0.1) is 33.3 Å². The first-order valence-electron chi connectivity index (χ1n) is 12.1. The van der Waals surface area contributed by atoms with Gasteiger partial charge in [-0.3, -0.25) is 14.7 Å². The second-order valence-electron chi connectivity index (χ2n) is 9.25. The van der Waals surface area contributed by atoms with Gasteiger partial charge in [-0.1, -0.05) is 23.5 Å². The van der Waals surface area contributed by atoms with Crippen molar-refractivity contribution in [3.05, 3.63) is 83.4 Å². The second-order valence-corrected chi connectivity index (χ2v) is 12.2. The molecule has 0 bridgehead atoms. The Labute approximate surface area is 219 Å². The summed E-state index contributed by atoms with van der Waals surface area (Å²) in [5.41, 5.74) is 3.78. The molecule has 1 aliphatic rings. The average Bonchev–Trinajstić information content (AvgIpc) is 3.35. The van der Waals surface area contributed by atoms with Gasteiger partial charge in [-0.15, -0.1) is 0 Å². The summed E-state index contributed by atoms with van der Waals surface area (Å²) in [5.74, 6) is -1.22. The van der Waals surface area contributed by atoms with Crippen LogP contribution in [-0.2, 0) is 21.4 Å². The standard InChI is InChI=1S/C27H27FN4O3S2/c1-18-8-13-24-25(19(18)2)30-27(36-24)32(17-22-7-3-4-14-29-22)26(33)20-6-5-15-31(16-20)37(34,35)23-11-9-21(28)10-12-23/h3-4,7-14,20H,5-6,15-17H2,1-2H3. The number of pyridine rings is 1. The Balaban J connectivity index is 1.46. The summed E-state index contributed by atoms with van der Waals surface area (Å²) >= 11 is 1.44. The first-order valence-corrected chi connectivity index (χ1v) is 14.3. The molecule has 0 radical (unpaired) electrons. The maximum Gasteiger partial charge on any atom is 0.243 e. The molecule has 3 heterocycles. The predicted octanol–water partition coefficient (Wildman–Crippen LogP) is 5.08. The summed E-state index contributed by atoms with van der Waals surface area (Å²) < 4.78 is 42.2. The molecule has 37 heavy (non-hydrogen) atoms. The van der Waals surface area contributed by atoms with E-state index < -0.39 is 21.8 Å². The largest absolute Gasteiger partial charge is 0.282 e. The van der Waals surface area contributed by atoms with E-state index in [2.05, 4.69) is 4.98 Å². The molecule has 1 saturated heterocycles. The zero-order chi connectivity index (χ0) is 26.2. The molecule has 7 nitrogen and oxygen atoms in total. The molecule has 5 rings (SSSR count). The van der Waals surface area contributed by atoms with Crippen molar-refractivity contribution >= 4 is 42.6 Å². The minimum absolute atomic E-state index is 0.0179. The van der Waals surface area contributed by atoms with Gasteiger partial charge in [-0.05, 0) is 80.3 Å². The lowest BCUT2D eigenvalue weighted by Gasteiger charge is -2.33. The van der Waals surface area contributed by atoms with E-state index in [-0.39, 0.29) is 23.9 Å². The van der Waals surface area contributed by atoms with Crippen molar-refractivity contribution in [3.63, 3.8) is 0 Å². The maximum absolute atomic E-state index is 14.0. The van der Waals surface area contributed by atoms with E-state index in [1.54, 1.807) is 11.1 Å². The van der Waals surface area contributed by atoms with E-state index in [4.69, 9.17) is 4.98 Å². The highest BCUT2D eigenvalue weighted by Gasteiger charge is 2.36. The number of anilines is 1. The lowest BCUT2D eigenvalue weighted by molar-refractivity contribution is -0.123. The molecular formula is C27H27FN4O3S2. The number of aromatic nitrogens is 2. The van der Waals surface area contributed by atoms with Crippen LogP contribution in [0.15, 0.2) is 65.7 Å². The number of aryl methyl sites for hydroxylation is 2. The summed E-state index contributed by atoms with van der Waals surface area (Å²) in [6, 6.07) is 14.4. The number of amides is 1. The molecule has 4 aromatic rings. The summed E-state index contributed by atoms with van der Waals surface area (Å²) in [6.45, 7) is 4.65. The van der Waals surface area contributed by atoms with Crippen LogP contribution >= 0.6 is 11.3 Å². The van der Waals surface area contributed by atoms with Gasteiger partial charge in [-0.25, -0.2) is 17.8 Å². The monoisotopic (exact) mass is 538 g/mol. The molecular weight excluding hydrogens is 511 g/mol. The maximum atomic E-state index is 14.0. The van der Waals surface area contributed by atoms with Gasteiger partial charge in [-0.2, -0.15) is 4.31 Å². The number of rotatable bonds is 6. The Bertz CT molecular complexity index is 1540. The van der Waals surface area contributed by atoms with Crippen LogP contribution in [0.2, 0.25) is 0 Å². The Morgan fingerprint density at radius 2 is 1.92 bits per heavy atom. The third kappa shape index (κ3) is 5.14. The molecule has 10 heteroatoms. The molecule has 1 atom stereocenters. The van der Waals surface area contributed by atoms with Crippen LogP contribution in [0.1, 0.15) is 29.7 Å². The topological polar surface area (TPSA) is 83.5 Å². The third-order valence-electron chi connectivity index (χ3n) is 6.80. The third-order valence-corrected chi connectivity index (χ3v) is 9.72. The van der Waals surface area contributed by atoms with Gasteiger partial charge in [0.25, 0.3) is 0 Å². The van der Waals surface area contributed by atoms with Crippen LogP contribution in [0.5, 0.6) is 0 Å². The molecule has 1 amide bonds. The van der Waals surface area contributed by atoms with Gasteiger partial charge in [0.1, 0.15) is 5.82 Å². The first-order chi connectivity index (χ1) is 17.7. The quantitative estimate of drug-likeness (QED) is 0.342. The van der Waals surface area contributed by atoms with E-state index in [9.17, 15) is 17.6 Å². The number of halogens is 1. The van der Waals surface area contributed by atoms with Crippen molar-refractivity contribution in [1.82, 2.24) is 14.3 Å². The summed E-state index contributed by atoms with van der Waals surface area (Å²) in [7, 11) is -3.85. The molecule has 0 spiro atoms. The predicted molar refractivity (Wildman–Crippen MR) is 142 cm³/mol. The van der Waals surface area contributed by atoms with E-state index >= 15 is 0 Å². The van der Waals surface area contributed by atoms with Gasteiger partial charge >= 0.3 is 0 Å². The molecule has 2 aromatic heterocycles. The molecule has 192 valence electrons. The molecule has 0 aliphatic carbocycles. The van der Waals surface area contributed by atoms with Gasteiger partial charge in [0.2, 0.25) is 15.9 Å². The Morgan fingerprint density at radius 1 is 1.14 bits per heavy atom. The molecule has 1 fully saturated rings. The van der Waals surface area contributed by atoms with Gasteiger partial charge in [0.15, 0.2) is 5.13 Å². The molecule has 1 unspecified atom stereocenters. The molecule has 2 aromatic carbocycles. The van der Waals surface area contributed by atoms with E-state index in [1.807, 2.05) is 44.2 Å². The number of benzene rings is 2. The average molecular weight is 539 g/mol. The highest BCUT2D eigenvalue weighted by atomic mass is 32.2. The van der Waals surface area contributed by atoms with Crippen LogP contribution < -0.4 is 4.90 Å². The van der Waals surface area contributed by atoms with E-state index in [0.29, 0.717) is 24.5 Å². The summed E-state index contributed by atoms with van der Waals surface area (Å²) in [6.07, 6.45) is 2.80. The van der Waals surface area contributed by atoms with Gasteiger partial charge in [0, 0.05) is 19.3 Å². The number of fused-ring (bicyclic) bond motifs is 1. The number of sulfonamides is 1. The van der Waals surface area contributed by atoms with Crippen molar-refractivity contribution < 1.29 is 17.6 Å². The van der Waals surface area contributed by atoms with E-state index in [1.165, 1.54) is 27.8 Å². The number of carbonyl (C=O) groups excluding carboxylic acids is 1. The fourth-order valence-corrected chi connectivity index (χ4v) is 7.12. The van der Waals surface area contributed by atoms with Crippen molar-refractivity contribution in [2.24, 2.45) is 5.92 Å². The highest BCUT2D eigenvalue weighted by Crippen LogP contribution is 2.34. The second kappa shape index (κ2) is 10.3. The van der Waals surface area contributed by atoms with Crippen LogP contribution in [0.4, 0.5) is 9.52 Å². The normalized spacial score (nSPS) is 16.7. The van der Waals surface area contributed by atoms with Crippen LogP contribution in [0, 0.1) is 25.6 Å². The van der Waals surface area contributed by atoms with Crippen LogP contribution in [0.25, 0.3) is 10.2 Å². The number of thiazole rings is 1. The fraction of sp³-hybridized carbons (Fsp3) is 0.296. The minimum Gasteiger partial charge on any atom is -0.282 e. The lowest BCUT2D eigenvalue weighted by atomic mass is 9.98. The zero-order valence-electron chi connectivity index (χ0n) is 20.6. The Kier molecular flexibility index (Phi) is 7.06. The number of hydrogen-bond donors (Lipinski definition) is 0. The molecule has 1 aliphatic heterocycles. The molecule has 0 saturated carbocycles. The summed E-state index contributed by atoms with van der Waals surface area (Å²) in [4.78, 5) is 24.9. The van der Waals surface area contributed by atoms with Crippen molar-refractivity contribution in [2.75, 3.05) is 18.0 Å². The Morgan fingerprint density at radius 3 is 2.65 bits per heavy atom. The first kappa shape index (κ1) is 25.4. The zero-order valence-corrected chi connectivity index (χ0v) is 22.2. The smallest absolute Gasteiger partial charge is 0.243 e. The van der Waals surface area contributed by atoms with E-state index in [0.717, 1.165) is 39.2 Å². The SMILES string of the molecule is Cc1ccc2sc(N(Cc3ccccn3)C(=O)C3CCCN(S(=O)(=O)c4ccc(F)cc4)C3)nc2c1C. The number of nitrogens with zero attached hydrogens (tertiary/aromatic N) is 4. The lowest BCUT2D eigenvalue weighted by Crippen LogP contribution is -2.46. The van der Waals surface area contributed by atoms with Crippen LogP contribution in [0.3, 0.4) is 0 Å². The molecule has 0 N–H and O–H groups in total. The number of piperidine rings is 1. The number of hydrogen-bond acceptors (Lipinski definition) is 6. The summed E-state index contributed by atoms with van der Waals surface area (Å²) in [5, 5.41) is 0.567. The Hall–Kier alpha value is -3.21. The van der Waals surface area contributed by atoms with Crippen molar-refractivity contribution in [3.8, 4) is 0 Å². The van der Waals surface area contributed by atoms with Crippen LogP contribution in [-0.4, -0.2) is 41.7 Å².